The fourth-order valence-electron chi connectivity index (χ4n) is 3.70. The molecule has 3 rings (SSSR count). The zero-order valence-electron chi connectivity index (χ0n) is 17.0. The molecule has 152 valence electrons. The first-order valence-corrected chi connectivity index (χ1v) is 9.65. The van der Waals surface area contributed by atoms with Gasteiger partial charge in [0.15, 0.2) is 0 Å². The number of hydrogen-bond acceptors (Lipinski definition) is 3. The number of amides is 2. The number of hydrogen-bond donors (Lipinski definition) is 2. The van der Waals surface area contributed by atoms with Crippen LogP contribution in [-0.4, -0.2) is 59.3 Å². The summed E-state index contributed by atoms with van der Waals surface area (Å²) in [6.45, 7) is 8.88. The molecule has 7 heteroatoms. The maximum atomic E-state index is 13.4. The molecule has 28 heavy (non-hydrogen) atoms. The van der Waals surface area contributed by atoms with E-state index in [0.717, 1.165) is 29.7 Å². The van der Waals surface area contributed by atoms with Crippen molar-refractivity contribution in [2.75, 3.05) is 26.7 Å². The normalized spacial score (nSPS) is 18.3. The van der Waals surface area contributed by atoms with Gasteiger partial charge in [0.25, 0.3) is 0 Å². The number of nitrogens with zero attached hydrogens (tertiary/aromatic N) is 2. The highest BCUT2D eigenvalue weighted by atomic mass is 19.1. The Morgan fingerprint density at radius 3 is 2.79 bits per heavy atom. The predicted molar refractivity (Wildman–Crippen MR) is 107 cm³/mol. The van der Waals surface area contributed by atoms with Crippen molar-refractivity contribution in [1.82, 2.24) is 20.1 Å². The molecule has 1 aliphatic rings. The van der Waals surface area contributed by atoms with Crippen LogP contribution in [0, 0.1) is 11.2 Å². The third-order valence-corrected chi connectivity index (χ3v) is 4.96. The molecule has 0 aliphatic carbocycles. The van der Waals surface area contributed by atoms with Crippen molar-refractivity contribution in [1.29, 1.82) is 0 Å². The Balaban J connectivity index is 1.66. The van der Waals surface area contributed by atoms with E-state index >= 15 is 0 Å². The molecule has 1 saturated heterocycles. The summed E-state index contributed by atoms with van der Waals surface area (Å²) < 4.78 is 13.4. The van der Waals surface area contributed by atoms with Crippen LogP contribution in [0.5, 0.6) is 0 Å². The summed E-state index contributed by atoms with van der Waals surface area (Å²) in [5, 5.41) is 3.65. The second kappa shape index (κ2) is 7.91. The quantitative estimate of drug-likeness (QED) is 0.827. The molecule has 1 aromatic carbocycles. The number of aromatic nitrogens is 1. The molecule has 2 heterocycles. The van der Waals surface area contributed by atoms with Gasteiger partial charge in [-0.3, -0.25) is 14.5 Å². The predicted octanol–water partition coefficient (Wildman–Crippen LogP) is 2.50. The molecule has 1 unspecified atom stereocenters. The summed E-state index contributed by atoms with van der Waals surface area (Å²) in [7, 11) is 1.73. The number of H-pyrrole nitrogens is 1. The number of benzene rings is 1. The lowest BCUT2D eigenvalue weighted by molar-refractivity contribution is -0.138. The molecular weight excluding hydrogens is 359 g/mol. The minimum absolute atomic E-state index is 0.0461. The van der Waals surface area contributed by atoms with E-state index in [4.69, 9.17) is 0 Å². The van der Waals surface area contributed by atoms with Gasteiger partial charge in [-0.1, -0.05) is 20.8 Å². The number of aromatic amines is 1. The first-order chi connectivity index (χ1) is 13.1. The van der Waals surface area contributed by atoms with E-state index in [9.17, 15) is 14.0 Å². The summed E-state index contributed by atoms with van der Waals surface area (Å²) in [5.41, 5.74) is 1.71. The Hall–Kier alpha value is -2.41. The average molecular weight is 388 g/mol. The van der Waals surface area contributed by atoms with Crippen molar-refractivity contribution in [3.05, 3.63) is 35.8 Å². The maximum Gasteiger partial charge on any atom is 0.237 e. The lowest BCUT2D eigenvalue weighted by Gasteiger charge is -2.38. The van der Waals surface area contributed by atoms with Gasteiger partial charge in [-0.05, 0) is 29.7 Å². The van der Waals surface area contributed by atoms with Crippen LogP contribution in [0.2, 0.25) is 0 Å². The molecule has 2 amide bonds. The number of fused-ring (bicyclic) bond motifs is 1. The van der Waals surface area contributed by atoms with Gasteiger partial charge in [0.2, 0.25) is 11.8 Å². The van der Waals surface area contributed by atoms with Crippen molar-refractivity contribution in [3.8, 4) is 0 Å². The third kappa shape index (κ3) is 4.90. The van der Waals surface area contributed by atoms with Crippen LogP contribution in [0.25, 0.3) is 10.9 Å². The molecule has 1 fully saturated rings. The van der Waals surface area contributed by atoms with Gasteiger partial charge in [0.05, 0.1) is 19.0 Å². The van der Waals surface area contributed by atoms with Crippen molar-refractivity contribution in [2.24, 2.45) is 5.41 Å². The van der Waals surface area contributed by atoms with E-state index in [1.165, 1.54) is 12.1 Å². The lowest BCUT2D eigenvalue weighted by Crippen LogP contribution is -2.58. The van der Waals surface area contributed by atoms with Gasteiger partial charge in [0.1, 0.15) is 5.82 Å². The fraction of sp³-hybridized carbons (Fsp3) is 0.524. The summed E-state index contributed by atoms with van der Waals surface area (Å²) in [6.07, 6.45) is 0.146. The van der Waals surface area contributed by atoms with Gasteiger partial charge in [0, 0.05) is 43.3 Å². The SMILES string of the molecule is CN(Cc1cc2cc(F)ccc2[nH]1)C(=O)CC1C(=O)NCCN1CC(C)(C)C. The molecular formula is C21H29FN4O2. The Bertz CT molecular complexity index is 871. The van der Waals surface area contributed by atoms with Crippen LogP contribution >= 0.6 is 0 Å². The smallest absolute Gasteiger partial charge is 0.237 e. The minimum Gasteiger partial charge on any atom is -0.357 e. The molecule has 0 bridgehead atoms. The standard InChI is InChI=1S/C21H29FN4O2/c1-21(2,3)13-26-8-7-23-20(28)18(26)11-19(27)25(4)12-16-10-14-9-15(22)5-6-17(14)24-16/h5-6,9-10,18,24H,7-8,11-13H2,1-4H3,(H,23,28). The molecule has 2 N–H and O–H groups in total. The maximum absolute atomic E-state index is 13.4. The summed E-state index contributed by atoms with van der Waals surface area (Å²) >= 11 is 0. The largest absolute Gasteiger partial charge is 0.357 e. The molecule has 0 radical (unpaired) electrons. The zero-order chi connectivity index (χ0) is 20.5. The van der Waals surface area contributed by atoms with Gasteiger partial charge in [-0.25, -0.2) is 4.39 Å². The molecule has 1 aliphatic heterocycles. The first kappa shape index (κ1) is 20.3. The molecule has 6 nitrogen and oxygen atoms in total. The van der Waals surface area contributed by atoms with Crippen molar-refractivity contribution >= 4 is 22.7 Å². The van der Waals surface area contributed by atoms with E-state index in [0.29, 0.717) is 13.1 Å². The zero-order valence-corrected chi connectivity index (χ0v) is 17.0. The van der Waals surface area contributed by atoms with E-state index in [1.54, 1.807) is 18.0 Å². The van der Waals surface area contributed by atoms with Crippen LogP contribution in [0.4, 0.5) is 4.39 Å². The Morgan fingerprint density at radius 2 is 2.07 bits per heavy atom. The Labute approximate surface area is 165 Å². The van der Waals surface area contributed by atoms with Crippen LogP contribution in [0.15, 0.2) is 24.3 Å². The fourth-order valence-corrected chi connectivity index (χ4v) is 3.70. The molecule has 0 spiro atoms. The van der Waals surface area contributed by atoms with E-state index in [2.05, 4.69) is 36.0 Å². The molecule has 1 atom stereocenters. The highest BCUT2D eigenvalue weighted by Crippen LogP contribution is 2.21. The van der Waals surface area contributed by atoms with Gasteiger partial charge >= 0.3 is 0 Å². The molecule has 0 saturated carbocycles. The van der Waals surface area contributed by atoms with E-state index in [-0.39, 0.29) is 29.5 Å². The first-order valence-electron chi connectivity index (χ1n) is 9.65. The monoisotopic (exact) mass is 388 g/mol. The minimum atomic E-state index is -0.445. The Kier molecular flexibility index (Phi) is 5.74. The van der Waals surface area contributed by atoms with Crippen LogP contribution < -0.4 is 5.32 Å². The summed E-state index contributed by atoms with van der Waals surface area (Å²) in [5.74, 6) is -0.464. The summed E-state index contributed by atoms with van der Waals surface area (Å²) in [6, 6.07) is 5.96. The van der Waals surface area contributed by atoms with Crippen LogP contribution in [0.3, 0.4) is 0 Å². The number of carbonyl (C=O) groups is 2. The topological polar surface area (TPSA) is 68.4 Å². The van der Waals surface area contributed by atoms with Crippen LogP contribution in [0.1, 0.15) is 32.9 Å². The second-order valence-electron chi connectivity index (χ2n) is 8.82. The van der Waals surface area contributed by atoms with E-state index in [1.807, 2.05) is 6.07 Å². The van der Waals surface area contributed by atoms with Crippen LogP contribution in [-0.2, 0) is 16.1 Å². The van der Waals surface area contributed by atoms with Crippen molar-refractivity contribution in [3.63, 3.8) is 0 Å². The summed E-state index contributed by atoms with van der Waals surface area (Å²) in [4.78, 5) is 32.1. The van der Waals surface area contributed by atoms with E-state index < -0.39 is 6.04 Å². The van der Waals surface area contributed by atoms with Gasteiger partial charge in [-0.15, -0.1) is 0 Å². The number of carbonyl (C=O) groups excluding carboxylic acids is 2. The lowest BCUT2D eigenvalue weighted by atomic mass is 9.94. The number of halogens is 1. The highest BCUT2D eigenvalue weighted by molar-refractivity contribution is 5.89. The van der Waals surface area contributed by atoms with Gasteiger partial charge in [-0.2, -0.15) is 0 Å². The number of nitrogens with one attached hydrogen (secondary N) is 2. The molecule has 2 aromatic rings. The number of rotatable bonds is 5. The Morgan fingerprint density at radius 1 is 1.32 bits per heavy atom. The number of piperazine rings is 1. The highest BCUT2D eigenvalue weighted by Gasteiger charge is 2.34. The van der Waals surface area contributed by atoms with Crippen molar-refractivity contribution in [2.45, 2.75) is 39.8 Å². The second-order valence-corrected chi connectivity index (χ2v) is 8.82. The van der Waals surface area contributed by atoms with Crippen molar-refractivity contribution < 1.29 is 14.0 Å². The molecule has 1 aromatic heterocycles. The van der Waals surface area contributed by atoms with Gasteiger partial charge < -0.3 is 15.2 Å². The third-order valence-electron chi connectivity index (χ3n) is 4.96. The average Bonchev–Trinajstić information content (AvgIpc) is 2.97.